The van der Waals surface area contributed by atoms with Crippen molar-refractivity contribution in [2.24, 2.45) is 0 Å². The lowest BCUT2D eigenvalue weighted by molar-refractivity contribution is -0.134. The van der Waals surface area contributed by atoms with E-state index in [0.29, 0.717) is 0 Å². The fourth-order valence-electron chi connectivity index (χ4n) is 1.76. The van der Waals surface area contributed by atoms with E-state index in [0.717, 1.165) is 28.2 Å². The Hall–Kier alpha value is -2.90. The second-order valence-electron chi connectivity index (χ2n) is 4.28. The summed E-state index contributed by atoms with van der Waals surface area (Å²) in [5.74, 6) is -1.51. The third-order valence-electron chi connectivity index (χ3n) is 2.97. The third-order valence-corrected chi connectivity index (χ3v) is 2.97. The van der Waals surface area contributed by atoms with Crippen molar-refractivity contribution < 1.29 is 23.5 Å². The van der Waals surface area contributed by atoms with Crippen LogP contribution in [-0.2, 0) is 9.59 Å². The van der Waals surface area contributed by atoms with Gasteiger partial charge >= 0.3 is 6.03 Å². The topological polar surface area (TPSA) is 97.1 Å². The quantitative estimate of drug-likeness (QED) is 0.565. The molecule has 0 aromatic carbocycles. The largest absolute Gasteiger partial charge is 0.490 e. The van der Waals surface area contributed by atoms with Crippen molar-refractivity contribution in [1.29, 1.82) is 0 Å². The summed E-state index contributed by atoms with van der Waals surface area (Å²) in [4.78, 5) is 48.7. The summed E-state index contributed by atoms with van der Waals surface area (Å²) >= 11 is 0. The molecule has 0 bridgehead atoms. The van der Waals surface area contributed by atoms with Crippen LogP contribution in [0.3, 0.4) is 0 Å². The van der Waals surface area contributed by atoms with Crippen molar-refractivity contribution in [3.63, 3.8) is 0 Å². The number of amides is 4. The number of carbonyl (C=O) groups is 3. The predicted octanol–water partition coefficient (Wildman–Crippen LogP) is 0.0822. The first-order valence-corrected chi connectivity index (χ1v) is 5.85. The molecule has 1 aromatic heterocycles. The molecule has 8 heteroatoms. The van der Waals surface area contributed by atoms with Crippen LogP contribution in [-0.4, -0.2) is 48.9 Å². The van der Waals surface area contributed by atoms with E-state index in [4.69, 9.17) is 9.15 Å². The number of rotatable bonds is 2. The molecule has 0 spiro atoms. The van der Waals surface area contributed by atoms with E-state index >= 15 is 0 Å². The van der Waals surface area contributed by atoms with Gasteiger partial charge in [-0.2, -0.15) is 0 Å². The molecular formula is C13H12N2O6. The van der Waals surface area contributed by atoms with Crippen LogP contribution in [0, 0.1) is 0 Å². The molecule has 0 atom stereocenters. The second-order valence-corrected chi connectivity index (χ2v) is 4.28. The van der Waals surface area contributed by atoms with Gasteiger partial charge in [0.05, 0.1) is 7.11 Å². The second kappa shape index (κ2) is 5.23. The van der Waals surface area contributed by atoms with Gasteiger partial charge in [-0.05, 0) is 6.08 Å². The smallest absolute Gasteiger partial charge is 0.333 e. The van der Waals surface area contributed by atoms with Crippen molar-refractivity contribution in [3.05, 3.63) is 33.9 Å². The van der Waals surface area contributed by atoms with E-state index in [1.165, 1.54) is 21.2 Å². The molecule has 0 radical (unpaired) electrons. The van der Waals surface area contributed by atoms with E-state index < -0.39 is 23.3 Å². The fourth-order valence-corrected chi connectivity index (χ4v) is 1.76. The molecule has 8 nitrogen and oxygen atoms in total. The monoisotopic (exact) mass is 292 g/mol. The van der Waals surface area contributed by atoms with E-state index in [2.05, 4.69) is 0 Å². The summed E-state index contributed by atoms with van der Waals surface area (Å²) in [5, 5.41) is 0. The van der Waals surface area contributed by atoms with Crippen LogP contribution in [0.25, 0.3) is 6.08 Å². The normalized spacial score (nSPS) is 15.6. The molecule has 1 aromatic rings. The van der Waals surface area contributed by atoms with Crippen molar-refractivity contribution in [1.82, 2.24) is 9.80 Å². The summed E-state index contributed by atoms with van der Waals surface area (Å²) < 4.78 is 9.86. The zero-order valence-electron chi connectivity index (χ0n) is 11.6. The molecule has 0 N–H and O–H groups in total. The molecule has 2 heterocycles. The molecule has 1 aliphatic heterocycles. The number of hydrogen-bond donors (Lipinski definition) is 0. The third kappa shape index (κ3) is 2.42. The Kier molecular flexibility index (Phi) is 3.62. The Labute approximate surface area is 119 Å². The van der Waals surface area contributed by atoms with Crippen LogP contribution in [0.15, 0.2) is 27.1 Å². The highest BCUT2D eigenvalue weighted by molar-refractivity contribution is 6.30. The number of carbonyl (C=O) groups excluding carboxylic acids is 3. The molecule has 21 heavy (non-hydrogen) atoms. The number of nitrogens with zero attached hydrogens (tertiary/aromatic N) is 2. The predicted molar refractivity (Wildman–Crippen MR) is 70.4 cm³/mol. The number of imide groups is 2. The van der Waals surface area contributed by atoms with Crippen molar-refractivity contribution in [2.45, 2.75) is 0 Å². The SMILES string of the molecule is COc1coc(C=C2C(=O)N(C)C(=O)N(C)C2=O)cc1=O. The summed E-state index contributed by atoms with van der Waals surface area (Å²) in [6.07, 6.45) is 2.19. The van der Waals surface area contributed by atoms with Gasteiger partial charge in [-0.25, -0.2) is 4.79 Å². The number of urea groups is 1. The Balaban J connectivity index is 2.46. The number of hydrogen-bond acceptors (Lipinski definition) is 6. The van der Waals surface area contributed by atoms with Gasteiger partial charge in [0.1, 0.15) is 17.6 Å². The minimum Gasteiger partial charge on any atom is -0.490 e. The van der Waals surface area contributed by atoms with Gasteiger partial charge in [0.15, 0.2) is 0 Å². The zero-order valence-corrected chi connectivity index (χ0v) is 11.6. The van der Waals surface area contributed by atoms with Gasteiger partial charge in [-0.3, -0.25) is 24.2 Å². The lowest BCUT2D eigenvalue weighted by Gasteiger charge is -2.28. The highest BCUT2D eigenvalue weighted by atomic mass is 16.5. The van der Waals surface area contributed by atoms with Gasteiger partial charge in [0.2, 0.25) is 11.2 Å². The van der Waals surface area contributed by atoms with Gasteiger partial charge in [0.25, 0.3) is 11.8 Å². The van der Waals surface area contributed by atoms with Crippen molar-refractivity contribution >= 4 is 23.9 Å². The van der Waals surface area contributed by atoms with Gasteiger partial charge in [0, 0.05) is 20.2 Å². The Morgan fingerprint density at radius 3 is 2.14 bits per heavy atom. The maximum absolute atomic E-state index is 11.9. The lowest BCUT2D eigenvalue weighted by Crippen LogP contribution is -2.52. The van der Waals surface area contributed by atoms with Crippen LogP contribution in [0.4, 0.5) is 4.79 Å². The molecule has 1 fully saturated rings. The summed E-state index contributed by atoms with van der Waals surface area (Å²) in [5.41, 5.74) is -0.725. The highest BCUT2D eigenvalue weighted by Crippen LogP contribution is 2.17. The standard InChI is InChI=1S/C13H12N2O6/c1-14-11(17)8(12(18)15(2)13(14)19)4-7-5-9(16)10(20-3)6-21-7/h4-6H,1-3H3. The number of methoxy groups -OCH3 is 1. The molecule has 0 aliphatic carbocycles. The molecule has 110 valence electrons. The van der Waals surface area contributed by atoms with Crippen LogP contribution in [0.5, 0.6) is 5.75 Å². The first kappa shape index (κ1) is 14.5. The molecule has 4 amide bonds. The molecule has 0 unspecified atom stereocenters. The van der Waals surface area contributed by atoms with E-state index in [1.807, 2.05) is 0 Å². The Morgan fingerprint density at radius 2 is 1.67 bits per heavy atom. The average molecular weight is 292 g/mol. The molecular weight excluding hydrogens is 280 g/mol. The van der Waals surface area contributed by atoms with Crippen molar-refractivity contribution in [3.8, 4) is 5.75 Å². The van der Waals surface area contributed by atoms with E-state index in [1.54, 1.807) is 0 Å². The maximum Gasteiger partial charge on any atom is 0.333 e. The number of barbiturate groups is 1. The molecule has 0 saturated carbocycles. The minimum atomic E-state index is -0.762. The lowest BCUT2D eigenvalue weighted by atomic mass is 10.1. The number of ether oxygens (including phenoxy) is 1. The van der Waals surface area contributed by atoms with Crippen molar-refractivity contribution in [2.75, 3.05) is 21.2 Å². The highest BCUT2D eigenvalue weighted by Gasteiger charge is 2.37. The van der Waals surface area contributed by atoms with Gasteiger partial charge in [-0.1, -0.05) is 0 Å². The molecule has 1 saturated heterocycles. The Bertz CT molecular complexity index is 692. The molecule has 1 aliphatic rings. The van der Waals surface area contributed by atoms with Gasteiger partial charge < -0.3 is 9.15 Å². The summed E-state index contributed by atoms with van der Waals surface area (Å²) in [6, 6.07) is 0.362. The first-order chi connectivity index (χ1) is 9.86. The molecule has 2 rings (SSSR count). The maximum atomic E-state index is 11.9. The minimum absolute atomic E-state index is 0.00265. The average Bonchev–Trinajstić information content (AvgIpc) is 2.48. The zero-order chi connectivity index (χ0) is 15.7. The summed E-state index contributed by atoms with van der Waals surface area (Å²) in [7, 11) is 3.82. The van der Waals surface area contributed by atoms with E-state index in [9.17, 15) is 19.2 Å². The number of likely N-dealkylation sites (N-methyl/N-ethyl adjacent to an activating group) is 2. The first-order valence-electron chi connectivity index (χ1n) is 5.85. The van der Waals surface area contributed by atoms with Crippen LogP contribution < -0.4 is 10.2 Å². The van der Waals surface area contributed by atoms with Crippen LogP contribution >= 0.6 is 0 Å². The fraction of sp³-hybridized carbons (Fsp3) is 0.231. The Morgan fingerprint density at radius 1 is 1.10 bits per heavy atom. The van der Waals surface area contributed by atoms with Gasteiger partial charge in [-0.15, -0.1) is 0 Å². The van der Waals surface area contributed by atoms with Crippen LogP contribution in [0.2, 0.25) is 0 Å². The van der Waals surface area contributed by atoms with E-state index in [-0.39, 0.29) is 17.1 Å². The van der Waals surface area contributed by atoms with Crippen LogP contribution in [0.1, 0.15) is 5.76 Å². The summed E-state index contributed by atoms with van der Waals surface area (Å²) in [6.45, 7) is 0.